The van der Waals surface area contributed by atoms with Gasteiger partial charge in [-0.15, -0.1) is 0 Å². The number of hydrogen-bond donors (Lipinski definition) is 0. The Morgan fingerprint density at radius 1 is 1.16 bits per heavy atom. The van der Waals surface area contributed by atoms with Crippen molar-refractivity contribution in [2.24, 2.45) is 0 Å². The molecule has 1 aromatic carbocycles. The van der Waals surface area contributed by atoms with E-state index in [2.05, 4.69) is 10.1 Å². The van der Waals surface area contributed by atoms with Crippen LogP contribution >= 0.6 is 0 Å². The number of aromatic nitrogens is 2. The van der Waals surface area contributed by atoms with Crippen molar-refractivity contribution >= 4 is 5.91 Å². The van der Waals surface area contributed by atoms with Crippen LogP contribution in [0, 0.1) is 0 Å². The lowest BCUT2D eigenvalue weighted by atomic mass is 9.88. The molecule has 0 atom stereocenters. The molecule has 6 nitrogen and oxygen atoms in total. The molecular formula is C19H23N3O3. The van der Waals surface area contributed by atoms with Crippen LogP contribution in [0.4, 0.5) is 0 Å². The summed E-state index contributed by atoms with van der Waals surface area (Å²) < 4.78 is 11.2. The predicted octanol–water partition coefficient (Wildman–Crippen LogP) is 2.84. The number of likely N-dealkylation sites (tertiary alicyclic amines) is 1. The summed E-state index contributed by atoms with van der Waals surface area (Å²) in [5, 5.41) is 4.00. The number of ether oxygens (including phenoxy) is 1. The highest BCUT2D eigenvalue weighted by atomic mass is 16.5. The van der Waals surface area contributed by atoms with Crippen molar-refractivity contribution in [2.75, 3.05) is 19.7 Å². The van der Waals surface area contributed by atoms with E-state index in [1.165, 1.54) is 0 Å². The van der Waals surface area contributed by atoms with Crippen LogP contribution in [0.15, 0.2) is 34.9 Å². The average Bonchev–Trinajstić information content (AvgIpc) is 3.31. The number of hydrogen-bond acceptors (Lipinski definition) is 5. The van der Waals surface area contributed by atoms with E-state index in [0.29, 0.717) is 24.6 Å². The Hall–Kier alpha value is -2.21. The number of rotatable bonds is 4. The van der Waals surface area contributed by atoms with Crippen LogP contribution in [-0.2, 0) is 16.0 Å². The first-order valence-electron chi connectivity index (χ1n) is 9.04. The van der Waals surface area contributed by atoms with Gasteiger partial charge in [0.1, 0.15) is 0 Å². The number of amides is 1. The molecule has 0 bridgehead atoms. The monoisotopic (exact) mass is 341 g/mol. The molecule has 2 aliphatic heterocycles. The van der Waals surface area contributed by atoms with E-state index >= 15 is 0 Å². The number of nitrogens with zero attached hydrogens (tertiary/aromatic N) is 3. The lowest BCUT2D eigenvalue weighted by Crippen LogP contribution is -2.46. The molecule has 2 fully saturated rings. The minimum absolute atomic E-state index is 0.0495. The summed E-state index contributed by atoms with van der Waals surface area (Å²) >= 11 is 0. The maximum atomic E-state index is 12.4. The van der Waals surface area contributed by atoms with Gasteiger partial charge in [0.25, 0.3) is 0 Å². The van der Waals surface area contributed by atoms with Crippen LogP contribution in [0.3, 0.4) is 0 Å². The summed E-state index contributed by atoms with van der Waals surface area (Å²) in [5.74, 6) is 1.24. The summed E-state index contributed by atoms with van der Waals surface area (Å²) in [7, 11) is 0. The van der Waals surface area contributed by atoms with Gasteiger partial charge in [-0.25, -0.2) is 0 Å². The highest BCUT2D eigenvalue weighted by Gasteiger charge is 2.39. The number of carbonyl (C=O) groups excluding carboxylic acids is 1. The summed E-state index contributed by atoms with van der Waals surface area (Å²) in [6.07, 6.45) is 5.09. The SMILES string of the molecule is O=C(CCc1nc(-c2ccccc2)no1)N1CCC2(CCCO2)CC1. The molecule has 4 rings (SSSR count). The molecule has 132 valence electrons. The second-order valence-electron chi connectivity index (χ2n) is 6.89. The van der Waals surface area contributed by atoms with Crippen molar-refractivity contribution in [1.82, 2.24) is 15.0 Å². The third-order valence-electron chi connectivity index (χ3n) is 5.27. The molecule has 0 N–H and O–H groups in total. The zero-order valence-electron chi connectivity index (χ0n) is 14.3. The van der Waals surface area contributed by atoms with Gasteiger partial charge in [0.2, 0.25) is 17.6 Å². The fraction of sp³-hybridized carbons (Fsp3) is 0.526. The molecule has 2 saturated heterocycles. The molecule has 2 aromatic rings. The first-order valence-corrected chi connectivity index (χ1v) is 9.04. The van der Waals surface area contributed by atoms with Crippen LogP contribution in [0.25, 0.3) is 11.4 Å². The minimum Gasteiger partial charge on any atom is -0.375 e. The van der Waals surface area contributed by atoms with E-state index in [-0.39, 0.29) is 11.5 Å². The Kier molecular flexibility index (Phi) is 4.53. The van der Waals surface area contributed by atoms with Gasteiger partial charge in [-0.05, 0) is 25.7 Å². The molecule has 2 aliphatic rings. The van der Waals surface area contributed by atoms with Gasteiger partial charge in [-0.1, -0.05) is 35.5 Å². The third-order valence-corrected chi connectivity index (χ3v) is 5.27. The van der Waals surface area contributed by atoms with Crippen molar-refractivity contribution in [3.8, 4) is 11.4 Å². The molecule has 1 spiro atoms. The number of piperidine rings is 1. The van der Waals surface area contributed by atoms with E-state index in [1.807, 2.05) is 35.2 Å². The van der Waals surface area contributed by atoms with E-state index in [9.17, 15) is 4.79 Å². The maximum Gasteiger partial charge on any atom is 0.227 e. The van der Waals surface area contributed by atoms with Crippen molar-refractivity contribution in [1.29, 1.82) is 0 Å². The molecule has 6 heteroatoms. The van der Waals surface area contributed by atoms with Crippen molar-refractivity contribution < 1.29 is 14.1 Å². The standard InChI is InChI=1S/C19H23N3O3/c23-17(22-12-10-19(11-13-22)9-4-14-24-19)8-7-16-20-18(21-25-16)15-5-2-1-3-6-15/h1-3,5-6H,4,7-14H2. The van der Waals surface area contributed by atoms with Crippen molar-refractivity contribution in [3.63, 3.8) is 0 Å². The van der Waals surface area contributed by atoms with Gasteiger partial charge in [0.05, 0.1) is 5.60 Å². The van der Waals surface area contributed by atoms with E-state index in [0.717, 1.165) is 50.9 Å². The topological polar surface area (TPSA) is 68.5 Å². The van der Waals surface area contributed by atoms with Gasteiger partial charge >= 0.3 is 0 Å². The van der Waals surface area contributed by atoms with Gasteiger partial charge < -0.3 is 14.2 Å². The van der Waals surface area contributed by atoms with E-state index < -0.39 is 0 Å². The van der Waals surface area contributed by atoms with Crippen molar-refractivity contribution in [3.05, 3.63) is 36.2 Å². The van der Waals surface area contributed by atoms with Crippen LogP contribution in [-0.4, -0.2) is 46.2 Å². The Labute approximate surface area is 147 Å². The molecule has 1 amide bonds. The molecule has 1 aromatic heterocycles. The van der Waals surface area contributed by atoms with Crippen molar-refractivity contribution in [2.45, 2.75) is 44.1 Å². The fourth-order valence-corrected chi connectivity index (χ4v) is 3.75. The Morgan fingerprint density at radius 2 is 1.96 bits per heavy atom. The summed E-state index contributed by atoms with van der Waals surface area (Å²) in [6, 6.07) is 9.70. The molecule has 0 saturated carbocycles. The Morgan fingerprint density at radius 3 is 2.68 bits per heavy atom. The molecular weight excluding hydrogens is 318 g/mol. The van der Waals surface area contributed by atoms with Crippen LogP contribution in [0.2, 0.25) is 0 Å². The highest BCUT2D eigenvalue weighted by molar-refractivity contribution is 5.76. The summed E-state index contributed by atoms with van der Waals surface area (Å²) in [5.41, 5.74) is 0.968. The van der Waals surface area contributed by atoms with Crippen LogP contribution in [0.1, 0.15) is 38.0 Å². The highest BCUT2D eigenvalue weighted by Crippen LogP contribution is 2.35. The second-order valence-corrected chi connectivity index (χ2v) is 6.89. The first-order chi connectivity index (χ1) is 12.2. The van der Waals surface area contributed by atoms with Gasteiger partial charge in [0.15, 0.2) is 0 Å². The summed E-state index contributed by atoms with van der Waals surface area (Å²) in [6.45, 7) is 2.45. The fourth-order valence-electron chi connectivity index (χ4n) is 3.75. The molecule has 25 heavy (non-hydrogen) atoms. The maximum absolute atomic E-state index is 12.4. The number of aryl methyl sites for hydroxylation is 1. The van der Waals surface area contributed by atoms with Gasteiger partial charge in [0, 0.05) is 38.1 Å². The number of carbonyl (C=O) groups is 1. The lowest BCUT2D eigenvalue weighted by Gasteiger charge is -2.38. The largest absolute Gasteiger partial charge is 0.375 e. The molecule has 0 unspecified atom stereocenters. The van der Waals surface area contributed by atoms with Gasteiger partial charge in [-0.3, -0.25) is 4.79 Å². The van der Waals surface area contributed by atoms with E-state index in [4.69, 9.17) is 9.26 Å². The molecule has 3 heterocycles. The summed E-state index contributed by atoms with van der Waals surface area (Å²) in [4.78, 5) is 18.8. The zero-order valence-corrected chi connectivity index (χ0v) is 14.3. The average molecular weight is 341 g/mol. The molecule has 0 aliphatic carbocycles. The van der Waals surface area contributed by atoms with Gasteiger partial charge in [-0.2, -0.15) is 4.98 Å². The number of benzene rings is 1. The normalized spacial score (nSPS) is 19.4. The smallest absolute Gasteiger partial charge is 0.227 e. The molecule has 0 radical (unpaired) electrons. The predicted molar refractivity (Wildman–Crippen MR) is 91.8 cm³/mol. The first kappa shape index (κ1) is 16.3. The van der Waals surface area contributed by atoms with Crippen LogP contribution < -0.4 is 0 Å². The quantitative estimate of drug-likeness (QED) is 0.855. The Bertz CT molecular complexity index is 713. The third kappa shape index (κ3) is 3.58. The Balaban J connectivity index is 1.29. The lowest BCUT2D eigenvalue weighted by molar-refractivity contribution is -0.136. The second kappa shape index (κ2) is 6.96. The minimum atomic E-state index is 0.0495. The zero-order chi connectivity index (χ0) is 17.1. The van der Waals surface area contributed by atoms with E-state index in [1.54, 1.807) is 0 Å². The van der Waals surface area contributed by atoms with Crippen LogP contribution in [0.5, 0.6) is 0 Å².